The van der Waals surface area contributed by atoms with Gasteiger partial charge in [-0.1, -0.05) is 42.5 Å². The molecular formula is C16H14N2O2S. The number of hydrogen-bond acceptors (Lipinski definition) is 3. The van der Waals surface area contributed by atoms with Crippen molar-refractivity contribution in [3.8, 4) is 0 Å². The molecule has 3 rings (SSSR count). The lowest BCUT2D eigenvalue weighted by molar-refractivity contribution is 0.154. The Morgan fingerprint density at radius 1 is 1.10 bits per heavy atom. The first kappa shape index (κ1) is 13.7. The van der Waals surface area contributed by atoms with E-state index >= 15 is 0 Å². The largest absolute Gasteiger partial charge is 0.387 e. The molecule has 0 amide bonds. The van der Waals surface area contributed by atoms with Crippen LogP contribution in [0.4, 0.5) is 0 Å². The summed E-state index contributed by atoms with van der Waals surface area (Å²) in [6.07, 6.45) is -0.778. The van der Waals surface area contributed by atoms with Gasteiger partial charge < -0.3 is 10.1 Å². The molecule has 0 spiro atoms. The van der Waals surface area contributed by atoms with Crippen LogP contribution in [0.2, 0.25) is 0 Å². The van der Waals surface area contributed by atoms with Crippen molar-refractivity contribution < 1.29 is 5.11 Å². The Morgan fingerprint density at radius 3 is 2.52 bits per heavy atom. The monoisotopic (exact) mass is 298 g/mol. The highest BCUT2D eigenvalue weighted by atomic mass is 32.1. The van der Waals surface area contributed by atoms with Gasteiger partial charge in [0.25, 0.3) is 5.56 Å². The number of fused-ring (bicyclic) bond motifs is 1. The molecule has 0 radical (unpaired) electrons. The molecule has 0 aliphatic carbocycles. The van der Waals surface area contributed by atoms with Crippen LogP contribution in [0, 0.1) is 4.77 Å². The van der Waals surface area contributed by atoms with Crippen molar-refractivity contribution in [1.82, 2.24) is 9.55 Å². The van der Waals surface area contributed by atoms with Crippen LogP contribution in [-0.4, -0.2) is 14.7 Å². The summed E-state index contributed by atoms with van der Waals surface area (Å²) in [6.45, 7) is 0.128. The van der Waals surface area contributed by atoms with Gasteiger partial charge in [-0.25, -0.2) is 0 Å². The lowest BCUT2D eigenvalue weighted by atomic mass is 10.1. The van der Waals surface area contributed by atoms with Crippen molar-refractivity contribution in [1.29, 1.82) is 0 Å². The Labute approximate surface area is 126 Å². The van der Waals surface area contributed by atoms with Crippen molar-refractivity contribution in [2.45, 2.75) is 12.6 Å². The first-order valence-corrected chi connectivity index (χ1v) is 7.02. The first-order chi connectivity index (χ1) is 10.2. The van der Waals surface area contributed by atoms with E-state index in [0.29, 0.717) is 15.7 Å². The van der Waals surface area contributed by atoms with Crippen LogP contribution in [0.1, 0.15) is 11.7 Å². The zero-order valence-electron chi connectivity index (χ0n) is 11.2. The van der Waals surface area contributed by atoms with Gasteiger partial charge >= 0.3 is 0 Å². The molecule has 21 heavy (non-hydrogen) atoms. The summed E-state index contributed by atoms with van der Waals surface area (Å²) in [5, 5.41) is 10.8. The maximum absolute atomic E-state index is 12.5. The van der Waals surface area contributed by atoms with E-state index < -0.39 is 6.10 Å². The third kappa shape index (κ3) is 2.66. The van der Waals surface area contributed by atoms with E-state index in [2.05, 4.69) is 4.98 Å². The molecule has 0 aliphatic rings. The average Bonchev–Trinajstić information content (AvgIpc) is 2.52. The van der Waals surface area contributed by atoms with Crippen LogP contribution in [0.15, 0.2) is 59.4 Å². The number of aromatic amines is 1. The molecule has 106 valence electrons. The molecule has 1 atom stereocenters. The molecule has 1 heterocycles. The molecule has 3 aromatic rings. The SMILES string of the molecule is O=c1c2ccccc2[nH]c(=S)n1C[C@H](O)c1ccccc1. The van der Waals surface area contributed by atoms with Gasteiger partial charge in [0.05, 0.1) is 23.6 Å². The van der Waals surface area contributed by atoms with E-state index in [-0.39, 0.29) is 12.1 Å². The Hall–Kier alpha value is -2.24. The summed E-state index contributed by atoms with van der Waals surface area (Å²) in [5.74, 6) is 0. The van der Waals surface area contributed by atoms with Crippen LogP contribution < -0.4 is 5.56 Å². The standard InChI is InChI=1S/C16H14N2O2S/c19-14(11-6-2-1-3-7-11)10-18-15(20)12-8-4-5-9-13(12)17-16(18)21/h1-9,14,19H,10H2,(H,17,21)/t14-/m0/s1. The molecule has 0 unspecified atom stereocenters. The fourth-order valence-electron chi connectivity index (χ4n) is 2.32. The second-order valence-electron chi connectivity index (χ2n) is 4.82. The van der Waals surface area contributed by atoms with Crippen LogP contribution >= 0.6 is 12.2 Å². The smallest absolute Gasteiger partial charge is 0.262 e. The number of nitrogens with one attached hydrogen (secondary N) is 1. The second kappa shape index (κ2) is 5.63. The van der Waals surface area contributed by atoms with Crippen LogP contribution in [-0.2, 0) is 6.54 Å². The van der Waals surface area contributed by atoms with Gasteiger partial charge in [0.2, 0.25) is 0 Å². The molecule has 2 aromatic carbocycles. The number of hydrogen-bond donors (Lipinski definition) is 2. The number of aromatic nitrogens is 2. The topological polar surface area (TPSA) is 58.0 Å². The minimum absolute atomic E-state index is 0.128. The Bertz CT molecular complexity index is 884. The van der Waals surface area contributed by atoms with Crippen molar-refractivity contribution >= 4 is 23.1 Å². The summed E-state index contributed by atoms with van der Waals surface area (Å²) in [5.41, 5.74) is 1.27. The normalized spacial score (nSPS) is 12.4. The van der Waals surface area contributed by atoms with Crippen LogP contribution in [0.5, 0.6) is 0 Å². The Morgan fingerprint density at radius 2 is 1.76 bits per heavy atom. The molecule has 0 aliphatic heterocycles. The molecule has 5 heteroatoms. The number of benzene rings is 2. The zero-order chi connectivity index (χ0) is 14.8. The lowest BCUT2D eigenvalue weighted by Gasteiger charge is -2.13. The van der Waals surface area contributed by atoms with E-state index in [4.69, 9.17) is 12.2 Å². The third-order valence-electron chi connectivity index (χ3n) is 3.43. The fraction of sp³-hybridized carbons (Fsp3) is 0.125. The van der Waals surface area contributed by atoms with Gasteiger partial charge in [-0.2, -0.15) is 0 Å². The van der Waals surface area contributed by atoms with Crippen molar-refractivity contribution in [3.05, 3.63) is 75.3 Å². The average molecular weight is 298 g/mol. The Kier molecular flexibility index (Phi) is 3.68. The maximum atomic E-state index is 12.5. The number of H-pyrrole nitrogens is 1. The number of aliphatic hydroxyl groups is 1. The molecule has 0 bridgehead atoms. The van der Waals surface area contributed by atoms with Gasteiger partial charge in [-0.15, -0.1) is 0 Å². The summed E-state index contributed by atoms with van der Waals surface area (Å²) >= 11 is 5.23. The van der Waals surface area contributed by atoms with Gasteiger partial charge in [-0.05, 0) is 29.9 Å². The van der Waals surface area contributed by atoms with Crippen LogP contribution in [0.3, 0.4) is 0 Å². The molecule has 0 saturated carbocycles. The fourth-order valence-corrected chi connectivity index (χ4v) is 2.59. The summed E-state index contributed by atoms with van der Waals surface area (Å²) in [4.78, 5) is 15.5. The molecule has 0 saturated heterocycles. The predicted octanol–water partition coefficient (Wildman–Crippen LogP) is 2.79. The minimum Gasteiger partial charge on any atom is -0.387 e. The molecule has 4 nitrogen and oxygen atoms in total. The quantitative estimate of drug-likeness (QED) is 0.731. The molecule has 0 fully saturated rings. The highest BCUT2D eigenvalue weighted by Gasteiger charge is 2.11. The number of aliphatic hydroxyl groups excluding tert-OH is 1. The van der Waals surface area contributed by atoms with Gasteiger partial charge in [0.1, 0.15) is 0 Å². The van der Waals surface area contributed by atoms with Gasteiger partial charge in [0.15, 0.2) is 4.77 Å². The number of rotatable bonds is 3. The second-order valence-corrected chi connectivity index (χ2v) is 5.20. The van der Waals surface area contributed by atoms with Gasteiger partial charge in [0, 0.05) is 0 Å². The lowest BCUT2D eigenvalue weighted by Crippen LogP contribution is -2.25. The number of para-hydroxylation sites is 1. The highest BCUT2D eigenvalue weighted by Crippen LogP contribution is 2.14. The van der Waals surface area contributed by atoms with E-state index in [1.54, 1.807) is 12.1 Å². The first-order valence-electron chi connectivity index (χ1n) is 6.61. The summed E-state index contributed by atoms with van der Waals surface area (Å²) in [7, 11) is 0. The number of nitrogens with zero attached hydrogens (tertiary/aromatic N) is 1. The summed E-state index contributed by atoms with van der Waals surface area (Å²) in [6, 6.07) is 16.4. The van der Waals surface area contributed by atoms with E-state index in [1.807, 2.05) is 42.5 Å². The van der Waals surface area contributed by atoms with E-state index in [9.17, 15) is 9.90 Å². The zero-order valence-corrected chi connectivity index (χ0v) is 12.0. The molecule has 1 aromatic heterocycles. The maximum Gasteiger partial charge on any atom is 0.262 e. The van der Waals surface area contributed by atoms with E-state index in [0.717, 1.165) is 5.56 Å². The van der Waals surface area contributed by atoms with Crippen molar-refractivity contribution in [2.24, 2.45) is 0 Å². The van der Waals surface area contributed by atoms with Crippen molar-refractivity contribution in [3.63, 3.8) is 0 Å². The third-order valence-corrected chi connectivity index (χ3v) is 3.75. The Balaban J connectivity index is 2.05. The predicted molar refractivity (Wildman–Crippen MR) is 84.8 cm³/mol. The van der Waals surface area contributed by atoms with Crippen molar-refractivity contribution in [2.75, 3.05) is 0 Å². The van der Waals surface area contributed by atoms with Gasteiger partial charge in [-0.3, -0.25) is 9.36 Å². The highest BCUT2D eigenvalue weighted by molar-refractivity contribution is 7.71. The van der Waals surface area contributed by atoms with Crippen LogP contribution in [0.25, 0.3) is 10.9 Å². The summed E-state index contributed by atoms with van der Waals surface area (Å²) < 4.78 is 1.71. The molecule has 2 N–H and O–H groups in total. The minimum atomic E-state index is -0.778. The van der Waals surface area contributed by atoms with E-state index in [1.165, 1.54) is 4.57 Å². The molecular weight excluding hydrogens is 284 g/mol.